The van der Waals surface area contributed by atoms with E-state index in [9.17, 15) is 22.0 Å². The van der Waals surface area contributed by atoms with Crippen molar-refractivity contribution in [2.24, 2.45) is 0 Å². The molecule has 2 aromatic carbocycles. The van der Waals surface area contributed by atoms with Gasteiger partial charge in [0.05, 0.1) is 20.9 Å². The Morgan fingerprint density at radius 3 is 2.36 bits per heavy atom. The van der Waals surface area contributed by atoms with Crippen LogP contribution in [0.15, 0.2) is 58.5 Å². The molecule has 0 aliphatic heterocycles. The van der Waals surface area contributed by atoms with Gasteiger partial charge in [0.15, 0.2) is 0 Å². The Morgan fingerprint density at radius 2 is 1.71 bits per heavy atom. The summed E-state index contributed by atoms with van der Waals surface area (Å²) in [5.41, 5.74) is 0.0403. The molecule has 0 saturated heterocycles. The number of sulfone groups is 1. The van der Waals surface area contributed by atoms with Crippen LogP contribution >= 0.6 is 0 Å². The topological polar surface area (TPSA) is 67.3 Å². The molecule has 3 aromatic rings. The van der Waals surface area contributed by atoms with Gasteiger partial charge >= 0.3 is 0 Å². The smallest absolute Gasteiger partial charge is 0.256 e. The van der Waals surface area contributed by atoms with Gasteiger partial charge in [0, 0.05) is 24.7 Å². The number of nitrogens with zero attached hydrogens (tertiary/aromatic N) is 2. The standard InChI is InChI=1S/C20H18F2N2O3S/c1-3-24(4-2)20(25)17-12-23-18-9-8-14(22)11-16(18)19(17)28(26,27)15-7-5-6-13(21)10-15/h5-12H,3-4H2,1-2H3. The van der Waals surface area contributed by atoms with Crippen molar-refractivity contribution >= 4 is 26.6 Å². The van der Waals surface area contributed by atoms with Crippen molar-refractivity contribution in [3.63, 3.8) is 0 Å². The van der Waals surface area contributed by atoms with Crippen LogP contribution in [0.2, 0.25) is 0 Å². The number of aromatic nitrogens is 1. The van der Waals surface area contributed by atoms with Crippen LogP contribution in [0.3, 0.4) is 0 Å². The molecule has 146 valence electrons. The second kappa shape index (κ2) is 7.63. The molecule has 0 unspecified atom stereocenters. The molecule has 0 fully saturated rings. The summed E-state index contributed by atoms with van der Waals surface area (Å²) in [5, 5.41) is -0.0257. The lowest BCUT2D eigenvalue weighted by Crippen LogP contribution is -2.31. The fourth-order valence-electron chi connectivity index (χ4n) is 3.02. The maximum atomic E-state index is 13.9. The number of carbonyl (C=O) groups is 1. The minimum Gasteiger partial charge on any atom is -0.339 e. The Balaban J connectivity index is 2.39. The molecule has 28 heavy (non-hydrogen) atoms. The third kappa shape index (κ3) is 3.47. The fourth-order valence-corrected chi connectivity index (χ4v) is 4.66. The zero-order chi connectivity index (χ0) is 20.5. The maximum Gasteiger partial charge on any atom is 0.256 e. The Labute approximate surface area is 161 Å². The summed E-state index contributed by atoms with van der Waals surface area (Å²) in [7, 11) is -4.32. The van der Waals surface area contributed by atoms with E-state index in [-0.39, 0.29) is 26.3 Å². The third-order valence-electron chi connectivity index (χ3n) is 4.44. The van der Waals surface area contributed by atoms with E-state index in [1.165, 1.54) is 29.3 Å². The number of amides is 1. The second-order valence-electron chi connectivity index (χ2n) is 6.10. The highest BCUT2D eigenvalue weighted by Crippen LogP contribution is 2.32. The van der Waals surface area contributed by atoms with Gasteiger partial charge in [-0.25, -0.2) is 17.2 Å². The van der Waals surface area contributed by atoms with E-state index < -0.39 is 27.4 Å². The summed E-state index contributed by atoms with van der Waals surface area (Å²) >= 11 is 0. The molecule has 1 heterocycles. The van der Waals surface area contributed by atoms with Crippen LogP contribution in [-0.4, -0.2) is 37.3 Å². The predicted octanol–water partition coefficient (Wildman–Crippen LogP) is 3.83. The molecular formula is C20H18F2N2O3S. The van der Waals surface area contributed by atoms with Crippen LogP contribution in [-0.2, 0) is 9.84 Å². The number of benzene rings is 2. The molecule has 0 bridgehead atoms. The molecule has 1 aromatic heterocycles. The minimum atomic E-state index is -4.32. The quantitative estimate of drug-likeness (QED) is 0.648. The maximum absolute atomic E-state index is 13.9. The molecule has 3 rings (SSSR count). The fraction of sp³-hybridized carbons (Fsp3) is 0.200. The number of hydrogen-bond acceptors (Lipinski definition) is 4. The first-order chi connectivity index (χ1) is 13.3. The number of pyridine rings is 1. The Kier molecular flexibility index (Phi) is 5.42. The van der Waals surface area contributed by atoms with Crippen LogP contribution in [0.1, 0.15) is 24.2 Å². The summed E-state index contributed by atoms with van der Waals surface area (Å²) in [6, 6.07) is 7.99. The van der Waals surface area contributed by atoms with Crippen LogP contribution in [0.25, 0.3) is 10.9 Å². The van der Waals surface area contributed by atoms with E-state index in [4.69, 9.17) is 0 Å². The van der Waals surface area contributed by atoms with E-state index in [1.807, 2.05) is 0 Å². The first kappa shape index (κ1) is 19.9. The van der Waals surface area contributed by atoms with Crippen molar-refractivity contribution < 1.29 is 22.0 Å². The number of carbonyl (C=O) groups excluding carboxylic acids is 1. The van der Waals surface area contributed by atoms with Crippen LogP contribution in [0.5, 0.6) is 0 Å². The second-order valence-corrected chi connectivity index (χ2v) is 7.99. The van der Waals surface area contributed by atoms with E-state index >= 15 is 0 Å². The molecule has 0 saturated carbocycles. The highest BCUT2D eigenvalue weighted by molar-refractivity contribution is 7.91. The Bertz CT molecular complexity index is 1160. The van der Waals surface area contributed by atoms with E-state index in [0.29, 0.717) is 13.1 Å². The van der Waals surface area contributed by atoms with Crippen molar-refractivity contribution in [1.82, 2.24) is 9.88 Å². The molecule has 0 aliphatic carbocycles. The van der Waals surface area contributed by atoms with Crippen LogP contribution in [0.4, 0.5) is 8.78 Å². The van der Waals surface area contributed by atoms with Crippen molar-refractivity contribution in [2.45, 2.75) is 23.6 Å². The molecular weight excluding hydrogens is 386 g/mol. The highest BCUT2D eigenvalue weighted by Gasteiger charge is 2.30. The lowest BCUT2D eigenvalue weighted by atomic mass is 10.1. The zero-order valence-electron chi connectivity index (χ0n) is 15.3. The zero-order valence-corrected chi connectivity index (χ0v) is 16.1. The summed E-state index contributed by atoms with van der Waals surface area (Å²) in [4.78, 5) is 17.8. The van der Waals surface area contributed by atoms with Gasteiger partial charge in [0.25, 0.3) is 5.91 Å². The molecule has 0 aliphatic rings. The molecule has 1 amide bonds. The van der Waals surface area contributed by atoms with Crippen LogP contribution < -0.4 is 0 Å². The van der Waals surface area contributed by atoms with Gasteiger partial charge in [0.2, 0.25) is 9.84 Å². The highest BCUT2D eigenvalue weighted by atomic mass is 32.2. The van der Waals surface area contributed by atoms with Gasteiger partial charge in [0.1, 0.15) is 11.6 Å². The van der Waals surface area contributed by atoms with Crippen molar-refractivity contribution in [3.05, 3.63) is 65.9 Å². The summed E-state index contributed by atoms with van der Waals surface area (Å²) < 4.78 is 54.3. The van der Waals surface area contributed by atoms with E-state index in [1.54, 1.807) is 13.8 Å². The number of hydrogen-bond donors (Lipinski definition) is 0. The van der Waals surface area contributed by atoms with Crippen molar-refractivity contribution in [2.75, 3.05) is 13.1 Å². The number of halogens is 2. The predicted molar refractivity (Wildman–Crippen MR) is 101 cm³/mol. The SMILES string of the molecule is CCN(CC)C(=O)c1cnc2ccc(F)cc2c1S(=O)(=O)c1cccc(F)c1. The lowest BCUT2D eigenvalue weighted by molar-refractivity contribution is 0.0769. The Hall–Kier alpha value is -2.87. The van der Waals surface area contributed by atoms with Crippen molar-refractivity contribution in [1.29, 1.82) is 0 Å². The normalized spacial score (nSPS) is 11.6. The number of fused-ring (bicyclic) bond motifs is 1. The summed E-state index contributed by atoms with van der Waals surface area (Å²) in [5.74, 6) is -1.95. The summed E-state index contributed by atoms with van der Waals surface area (Å²) in [6.07, 6.45) is 1.17. The van der Waals surface area contributed by atoms with Gasteiger partial charge in [-0.2, -0.15) is 0 Å². The Morgan fingerprint density at radius 1 is 1.04 bits per heavy atom. The molecule has 0 N–H and O–H groups in total. The largest absolute Gasteiger partial charge is 0.339 e. The molecule has 0 spiro atoms. The van der Waals surface area contributed by atoms with E-state index in [2.05, 4.69) is 4.98 Å². The van der Waals surface area contributed by atoms with Gasteiger partial charge in [-0.1, -0.05) is 6.07 Å². The lowest BCUT2D eigenvalue weighted by Gasteiger charge is -2.21. The van der Waals surface area contributed by atoms with Crippen molar-refractivity contribution in [3.8, 4) is 0 Å². The van der Waals surface area contributed by atoms with Crippen LogP contribution in [0, 0.1) is 11.6 Å². The molecule has 0 atom stereocenters. The first-order valence-corrected chi connectivity index (χ1v) is 10.2. The average Bonchev–Trinajstić information content (AvgIpc) is 2.67. The molecule has 0 radical (unpaired) electrons. The third-order valence-corrected chi connectivity index (χ3v) is 6.29. The average molecular weight is 404 g/mol. The summed E-state index contributed by atoms with van der Waals surface area (Å²) in [6.45, 7) is 4.23. The molecule has 5 nitrogen and oxygen atoms in total. The first-order valence-electron chi connectivity index (χ1n) is 8.67. The number of rotatable bonds is 5. The van der Waals surface area contributed by atoms with Gasteiger partial charge in [-0.15, -0.1) is 0 Å². The van der Waals surface area contributed by atoms with E-state index in [0.717, 1.165) is 24.3 Å². The molecule has 8 heteroatoms. The van der Waals surface area contributed by atoms with Gasteiger partial charge < -0.3 is 4.90 Å². The van der Waals surface area contributed by atoms with Gasteiger partial charge in [-0.3, -0.25) is 9.78 Å². The van der Waals surface area contributed by atoms with Gasteiger partial charge in [-0.05, 0) is 50.2 Å². The monoisotopic (exact) mass is 404 g/mol. The minimum absolute atomic E-state index is 0.0257.